The van der Waals surface area contributed by atoms with Gasteiger partial charge in [0.2, 0.25) is 10.0 Å². The molecule has 0 unspecified atom stereocenters. The molecule has 144 valence electrons. The molecule has 2 amide bonds. The normalized spacial score (nSPS) is 23.7. The monoisotopic (exact) mass is 383 g/mol. The first kappa shape index (κ1) is 19.1. The summed E-state index contributed by atoms with van der Waals surface area (Å²) in [6.45, 7) is 3.99. The zero-order valence-electron chi connectivity index (χ0n) is 15.1. The van der Waals surface area contributed by atoms with E-state index < -0.39 is 10.0 Å². The third-order valence-corrected chi connectivity index (χ3v) is 6.37. The molecule has 9 heteroatoms. The van der Waals surface area contributed by atoms with Gasteiger partial charge in [-0.3, -0.25) is 0 Å². The van der Waals surface area contributed by atoms with E-state index in [1.807, 2.05) is 13.0 Å². The molecule has 2 heterocycles. The van der Waals surface area contributed by atoms with E-state index in [0.29, 0.717) is 31.1 Å². The highest BCUT2D eigenvalue weighted by Crippen LogP contribution is 2.25. The van der Waals surface area contributed by atoms with Crippen LogP contribution in [0.15, 0.2) is 29.2 Å². The topological polar surface area (TPSA) is 88.2 Å². The Morgan fingerprint density at radius 3 is 2.58 bits per heavy atom. The lowest BCUT2D eigenvalue weighted by atomic mass is 10.1. The Morgan fingerprint density at radius 2 is 1.96 bits per heavy atom. The second-order valence-electron chi connectivity index (χ2n) is 6.65. The predicted octanol–water partition coefficient (Wildman–Crippen LogP) is 0.425. The summed E-state index contributed by atoms with van der Waals surface area (Å²) in [5, 5.41) is 2.79. The number of morpholine rings is 2. The summed E-state index contributed by atoms with van der Waals surface area (Å²) in [5.41, 5.74) is 0.901. The molecule has 1 aromatic carbocycles. The van der Waals surface area contributed by atoms with Crippen LogP contribution in [0.3, 0.4) is 0 Å². The number of hydrogen-bond donors (Lipinski definition) is 1. The van der Waals surface area contributed by atoms with Gasteiger partial charge in [0, 0.05) is 26.7 Å². The number of ether oxygens (including phenoxy) is 2. The molecule has 0 radical (unpaired) electrons. The number of nitrogens with one attached hydrogen (secondary N) is 1. The number of aryl methyl sites for hydroxylation is 1. The molecule has 1 N–H and O–H groups in total. The Morgan fingerprint density at radius 1 is 1.27 bits per heavy atom. The molecule has 2 saturated heterocycles. The van der Waals surface area contributed by atoms with Gasteiger partial charge in [0.1, 0.15) is 0 Å². The number of carbonyl (C=O) groups is 1. The highest BCUT2D eigenvalue weighted by Gasteiger charge is 2.41. The zero-order valence-corrected chi connectivity index (χ0v) is 15.9. The Kier molecular flexibility index (Phi) is 5.81. The van der Waals surface area contributed by atoms with Crippen molar-refractivity contribution in [1.82, 2.24) is 14.5 Å². The van der Waals surface area contributed by atoms with E-state index in [0.717, 1.165) is 5.56 Å². The first-order valence-electron chi connectivity index (χ1n) is 8.64. The van der Waals surface area contributed by atoms with Gasteiger partial charge in [-0.15, -0.1) is 0 Å². The molecule has 0 aromatic heterocycles. The van der Waals surface area contributed by atoms with Crippen LogP contribution in [0.4, 0.5) is 4.79 Å². The first-order valence-corrected chi connectivity index (χ1v) is 10.1. The van der Waals surface area contributed by atoms with Crippen molar-refractivity contribution in [1.29, 1.82) is 0 Å². The Balaban J connectivity index is 1.66. The Bertz CT molecular complexity index is 741. The fraction of sp³-hybridized carbons (Fsp3) is 0.588. The minimum Gasteiger partial charge on any atom is -0.383 e. The quantitative estimate of drug-likeness (QED) is 0.745. The summed E-state index contributed by atoms with van der Waals surface area (Å²) >= 11 is 0. The smallest absolute Gasteiger partial charge is 0.317 e. The van der Waals surface area contributed by atoms with Gasteiger partial charge in [0.25, 0.3) is 0 Å². The molecule has 3 rings (SSSR count). The van der Waals surface area contributed by atoms with Crippen molar-refractivity contribution in [2.24, 2.45) is 0 Å². The number of fused-ring (bicyclic) bond motifs is 2. The number of amides is 2. The van der Waals surface area contributed by atoms with Crippen LogP contribution in [-0.2, 0) is 19.5 Å². The van der Waals surface area contributed by atoms with E-state index in [2.05, 4.69) is 5.32 Å². The van der Waals surface area contributed by atoms with Crippen LogP contribution < -0.4 is 5.32 Å². The van der Waals surface area contributed by atoms with E-state index >= 15 is 0 Å². The van der Waals surface area contributed by atoms with Gasteiger partial charge < -0.3 is 19.7 Å². The van der Waals surface area contributed by atoms with Gasteiger partial charge in [-0.2, -0.15) is 4.31 Å². The number of carbonyl (C=O) groups excluding carboxylic acids is 1. The van der Waals surface area contributed by atoms with E-state index in [9.17, 15) is 13.2 Å². The van der Waals surface area contributed by atoms with Crippen molar-refractivity contribution in [3.05, 3.63) is 29.8 Å². The van der Waals surface area contributed by atoms with Crippen molar-refractivity contribution in [2.45, 2.75) is 24.0 Å². The third kappa shape index (κ3) is 4.17. The molecule has 2 aliphatic heterocycles. The van der Waals surface area contributed by atoms with Crippen LogP contribution in [0.5, 0.6) is 0 Å². The molecule has 26 heavy (non-hydrogen) atoms. The maximum absolute atomic E-state index is 12.9. The largest absolute Gasteiger partial charge is 0.383 e. The standard InChI is InChI=1S/C17H25N3O5S/c1-13-4-3-5-16(8-13)26(22,23)20-11-14-9-19(10-15(12-20)25-14)17(21)18-6-7-24-2/h3-5,8,14-15H,6-7,9-12H2,1-2H3,(H,18,21)/t14-,15+. The van der Waals surface area contributed by atoms with Crippen LogP contribution in [0.25, 0.3) is 0 Å². The molecule has 0 saturated carbocycles. The van der Waals surface area contributed by atoms with Crippen LogP contribution >= 0.6 is 0 Å². The average Bonchev–Trinajstić information content (AvgIpc) is 2.61. The summed E-state index contributed by atoms with van der Waals surface area (Å²) in [6.07, 6.45) is -0.648. The molecule has 0 aliphatic carbocycles. The molecule has 2 bridgehead atoms. The molecular formula is C17H25N3O5S. The van der Waals surface area contributed by atoms with Gasteiger partial charge in [-0.05, 0) is 24.6 Å². The van der Waals surface area contributed by atoms with E-state index in [1.165, 1.54) is 4.31 Å². The van der Waals surface area contributed by atoms with Gasteiger partial charge in [-0.25, -0.2) is 13.2 Å². The number of methoxy groups -OCH3 is 1. The molecular weight excluding hydrogens is 358 g/mol. The van der Waals surface area contributed by atoms with Crippen LogP contribution in [0, 0.1) is 6.92 Å². The molecule has 2 fully saturated rings. The number of rotatable bonds is 5. The second-order valence-corrected chi connectivity index (χ2v) is 8.59. The molecule has 2 aliphatic rings. The van der Waals surface area contributed by atoms with Gasteiger partial charge in [0.05, 0.1) is 36.8 Å². The second kappa shape index (κ2) is 7.91. The first-order chi connectivity index (χ1) is 12.4. The lowest BCUT2D eigenvalue weighted by molar-refractivity contribution is -0.111. The predicted molar refractivity (Wildman–Crippen MR) is 95.4 cm³/mol. The van der Waals surface area contributed by atoms with Crippen LogP contribution in [-0.4, -0.2) is 82.3 Å². The highest BCUT2D eigenvalue weighted by molar-refractivity contribution is 7.89. The van der Waals surface area contributed by atoms with Gasteiger partial charge in [0.15, 0.2) is 0 Å². The summed E-state index contributed by atoms with van der Waals surface area (Å²) in [6, 6.07) is 6.73. The van der Waals surface area contributed by atoms with Gasteiger partial charge >= 0.3 is 6.03 Å². The number of sulfonamides is 1. The number of hydrogen-bond acceptors (Lipinski definition) is 5. The van der Waals surface area contributed by atoms with Crippen LogP contribution in [0.1, 0.15) is 5.56 Å². The minimum absolute atomic E-state index is 0.171. The average molecular weight is 383 g/mol. The maximum Gasteiger partial charge on any atom is 0.317 e. The zero-order chi connectivity index (χ0) is 18.7. The fourth-order valence-electron chi connectivity index (χ4n) is 3.31. The summed E-state index contributed by atoms with van der Waals surface area (Å²) in [7, 11) is -1.99. The van der Waals surface area contributed by atoms with Crippen molar-refractivity contribution in [3.63, 3.8) is 0 Å². The summed E-state index contributed by atoms with van der Waals surface area (Å²) < 4.78 is 38.1. The summed E-state index contributed by atoms with van der Waals surface area (Å²) in [5.74, 6) is 0. The number of urea groups is 1. The van der Waals surface area contributed by atoms with Crippen molar-refractivity contribution >= 4 is 16.1 Å². The van der Waals surface area contributed by atoms with Gasteiger partial charge in [-0.1, -0.05) is 12.1 Å². The molecule has 2 atom stereocenters. The van der Waals surface area contributed by atoms with Crippen LogP contribution in [0.2, 0.25) is 0 Å². The lowest BCUT2D eigenvalue weighted by Gasteiger charge is -2.45. The fourth-order valence-corrected chi connectivity index (χ4v) is 4.92. The third-order valence-electron chi connectivity index (χ3n) is 4.54. The van der Waals surface area contributed by atoms with E-state index in [1.54, 1.807) is 30.2 Å². The Hall–Kier alpha value is -1.68. The minimum atomic E-state index is -3.56. The van der Waals surface area contributed by atoms with E-state index in [4.69, 9.17) is 9.47 Å². The molecule has 1 aromatic rings. The summed E-state index contributed by atoms with van der Waals surface area (Å²) in [4.78, 5) is 14.2. The Labute approximate surface area is 154 Å². The molecule has 8 nitrogen and oxygen atoms in total. The van der Waals surface area contributed by atoms with E-state index in [-0.39, 0.29) is 31.3 Å². The van der Waals surface area contributed by atoms with Crippen molar-refractivity contribution in [3.8, 4) is 0 Å². The number of benzene rings is 1. The number of nitrogens with zero attached hydrogens (tertiary/aromatic N) is 2. The van der Waals surface area contributed by atoms with Crippen molar-refractivity contribution in [2.75, 3.05) is 46.4 Å². The van der Waals surface area contributed by atoms with Crippen molar-refractivity contribution < 1.29 is 22.7 Å². The SMILES string of the molecule is COCCNC(=O)N1C[C@@H]2CN(S(=O)(=O)c3cccc(C)c3)C[C@H](C1)O2. The highest BCUT2D eigenvalue weighted by atomic mass is 32.2. The maximum atomic E-state index is 12.9. The lowest BCUT2D eigenvalue weighted by Crippen LogP contribution is -2.62. The molecule has 0 spiro atoms.